The Morgan fingerprint density at radius 3 is 2.76 bits per heavy atom. The van der Waals surface area contributed by atoms with Crippen LogP contribution in [0.2, 0.25) is 0 Å². The molecule has 3 aromatic rings. The van der Waals surface area contributed by atoms with E-state index in [2.05, 4.69) is 19.6 Å². The molecule has 7 heteroatoms. The van der Waals surface area contributed by atoms with E-state index in [1.54, 1.807) is 22.8 Å². The molecule has 0 unspecified atom stereocenters. The van der Waals surface area contributed by atoms with Crippen LogP contribution in [-0.4, -0.2) is 30.4 Å². The van der Waals surface area contributed by atoms with Gasteiger partial charge < -0.3 is 9.88 Å². The first kappa shape index (κ1) is 13.4. The lowest BCUT2D eigenvalue weighted by molar-refractivity contribution is 0.0722. The largest absolute Gasteiger partial charge is 0.347 e. The second-order valence-electron chi connectivity index (χ2n) is 4.51. The smallest absolute Gasteiger partial charge is 0.275 e. The van der Waals surface area contributed by atoms with Crippen molar-refractivity contribution < 1.29 is 4.79 Å². The van der Waals surface area contributed by atoms with Gasteiger partial charge in [0.1, 0.15) is 0 Å². The first-order chi connectivity index (χ1) is 10.3. The van der Waals surface area contributed by atoms with E-state index in [-0.39, 0.29) is 5.91 Å². The van der Waals surface area contributed by atoms with Gasteiger partial charge in [-0.3, -0.25) is 4.79 Å². The van der Waals surface area contributed by atoms with Crippen molar-refractivity contribution in [2.45, 2.75) is 13.1 Å². The lowest BCUT2D eigenvalue weighted by atomic mass is 10.2. The molecule has 0 aliphatic rings. The van der Waals surface area contributed by atoms with E-state index in [0.29, 0.717) is 18.8 Å². The molecule has 2 aromatic heterocycles. The number of H-pyrrole nitrogens is 1. The summed E-state index contributed by atoms with van der Waals surface area (Å²) in [5.74, 6) is -0.137. The van der Waals surface area contributed by atoms with Gasteiger partial charge in [0.05, 0.1) is 18.6 Å². The van der Waals surface area contributed by atoms with Crippen molar-refractivity contribution in [3.05, 3.63) is 65.2 Å². The van der Waals surface area contributed by atoms with Crippen LogP contribution in [0.1, 0.15) is 21.7 Å². The summed E-state index contributed by atoms with van der Waals surface area (Å²) in [7, 11) is 0. The maximum absolute atomic E-state index is 12.5. The summed E-state index contributed by atoms with van der Waals surface area (Å²) in [6.07, 6.45) is 3.31. The third kappa shape index (κ3) is 3.32. The highest BCUT2D eigenvalue weighted by Crippen LogP contribution is 2.12. The molecule has 1 aromatic carbocycles. The van der Waals surface area contributed by atoms with E-state index in [0.717, 1.165) is 11.3 Å². The van der Waals surface area contributed by atoms with Gasteiger partial charge in [0.15, 0.2) is 5.69 Å². The molecule has 0 radical (unpaired) electrons. The Bertz CT molecular complexity index is 682. The molecule has 106 valence electrons. The molecule has 0 atom stereocenters. The molecule has 21 heavy (non-hydrogen) atoms. The third-order valence-corrected chi connectivity index (χ3v) is 3.50. The number of nitrogens with zero attached hydrogens (tertiary/aromatic N) is 4. The van der Waals surface area contributed by atoms with E-state index in [4.69, 9.17) is 0 Å². The summed E-state index contributed by atoms with van der Waals surface area (Å²) in [5.41, 5.74) is 2.31. The van der Waals surface area contributed by atoms with Gasteiger partial charge in [-0.1, -0.05) is 34.8 Å². The summed E-state index contributed by atoms with van der Waals surface area (Å²) in [4.78, 5) is 21.3. The van der Waals surface area contributed by atoms with Crippen LogP contribution in [0.4, 0.5) is 0 Å². The minimum Gasteiger partial charge on any atom is -0.347 e. The normalized spacial score (nSPS) is 10.5. The number of imidazole rings is 1. The van der Waals surface area contributed by atoms with E-state index in [9.17, 15) is 4.79 Å². The average molecular weight is 299 g/mol. The number of carbonyl (C=O) groups excluding carboxylic acids is 1. The first-order valence-corrected chi connectivity index (χ1v) is 7.24. The number of benzene rings is 1. The molecule has 6 nitrogen and oxygen atoms in total. The van der Waals surface area contributed by atoms with Crippen LogP contribution in [0.15, 0.2) is 48.2 Å². The van der Waals surface area contributed by atoms with E-state index < -0.39 is 0 Å². The zero-order valence-corrected chi connectivity index (χ0v) is 12.0. The fourth-order valence-corrected chi connectivity index (χ4v) is 2.43. The van der Waals surface area contributed by atoms with Gasteiger partial charge >= 0.3 is 0 Å². The Morgan fingerprint density at radius 2 is 2.10 bits per heavy atom. The standard InChI is InChI=1S/C14H13N5OS/c20-14(13-9-21-18-17-13)19(8-12-6-15-10-16-12)7-11-4-2-1-3-5-11/h1-6,9-10H,7-8H2,(H,15,16). The van der Waals surface area contributed by atoms with Crippen LogP contribution in [0.25, 0.3) is 0 Å². The maximum atomic E-state index is 12.5. The summed E-state index contributed by atoms with van der Waals surface area (Å²) < 4.78 is 3.75. The van der Waals surface area contributed by atoms with Crippen molar-refractivity contribution in [2.24, 2.45) is 0 Å². The SMILES string of the molecule is O=C(c1csnn1)N(Cc1ccccc1)Cc1cnc[nH]1. The molecule has 0 saturated heterocycles. The number of hydrogen-bond donors (Lipinski definition) is 1. The monoisotopic (exact) mass is 299 g/mol. The molecule has 3 rings (SSSR count). The number of aromatic amines is 1. The number of rotatable bonds is 5. The highest BCUT2D eigenvalue weighted by Gasteiger charge is 2.19. The summed E-state index contributed by atoms with van der Waals surface area (Å²) in [6.45, 7) is 0.960. The zero-order valence-electron chi connectivity index (χ0n) is 11.1. The zero-order chi connectivity index (χ0) is 14.5. The fourth-order valence-electron chi connectivity index (χ4n) is 2.00. The van der Waals surface area contributed by atoms with Gasteiger partial charge in [-0.2, -0.15) is 0 Å². The predicted molar refractivity (Wildman–Crippen MR) is 78.5 cm³/mol. The average Bonchev–Trinajstić information content (AvgIpc) is 3.20. The minimum atomic E-state index is -0.137. The molecular weight excluding hydrogens is 286 g/mol. The van der Waals surface area contributed by atoms with Crippen LogP contribution < -0.4 is 0 Å². The van der Waals surface area contributed by atoms with Gasteiger partial charge in [-0.25, -0.2) is 4.98 Å². The van der Waals surface area contributed by atoms with Crippen molar-refractivity contribution in [2.75, 3.05) is 0 Å². The van der Waals surface area contributed by atoms with E-state index in [1.165, 1.54) is 11.5 Å². The van der Waals surface area contributed by atoms with Crippen molar-refractivity contribution in [3.63, 3.8) is 0 Å². The lowest BCUT2D eigenvalue weighted by Gasteiger charge is -2.21. The van der Waals surface area contributed by atoms with Crippen molar-refractivity contribution in [1.29, 1.82) is 0 Å². The van der Waals surface area contributed by atoms with Gasteiger partial charge in [0.25, 0.3) is 5.91 Å². The molecule has 0 fully saturated rings. The topological polar surface area (TPSA) is 74.8 Å². The molecule has 2 heterocycles. The second-order valence-corrected chi connectivity index (χ2v) is 5.12. The Kier molecular flexibility index (Phi) is 4.02. The van der Waals surface area contributed by atoms with Crippen molar-refractivity contribution in [3.8, 4) is 0 Å². The Hall–Kier alpha value is -2.54. The highest BCUT2D eigenvalue weighted by atomic mass is 32.1. The summed E-state index contributed by atoms with van der Waals surface area (Å²) in [6, 6.07) is 9.85. The number of nitrogens with one attached hydrogen (secondary N) is 1. The van der Waals surface area contributed by atoms with Crippen LogP contribution in [-0.2, 0) is 13.1 Å². The van der Waals surface area contributed by atoms with Gasteiger partial charge in [-0.15, -0.1) is 5.10 Å². The van der Waals surface area contributed by atoms with Gasteiger partial charge in [0.2, 0.25) is 0 Å². The van der Waals surface area contributed by atoms with E-state index >= 15 is 0 Å². The molecule has 1 amide bonds. The number of amides is 1. The fraction of sp³-hybridized carbons (Fsp3) is 0.143. The number of carbonyl (C=O) groups is 1. The van der Waals surface area contributed by atoms with Crippen molar-refractivity contribution in [1.82, 2.24) is 24.5 Å². The van der Waals surface area contributed by atoms with Gasteiger partial charge in [-0.05, 0) is 17.1 Å². The lowest BCUT2D eigenvalue weighted by Crippen LogP contribution is -2.30. The number of hydrogen-bond acceptors (Lipinski definition) is 5. The molecule has 0 bridgehead atoms. The summed E-state index contributed by atoms with van der Waals surface area (Å²) >= 11 is 1.17. The maximum Gasteiger partial charge on any atom is 0.275 e. The van der Waals surface area contributed by atoms with E-state index in [1.807, 2.05) is 30.3 Å². The van der Waals surface area contributed by atoms with Crippen LogP contribution >= 0.6 is 11.5 Å². The van der Waals surface area contributed by atoms with Crippen LogP contribution in [0.5, 0.6) is 0 Å². The minimum absolute atomic E-state index is 0.137. The molecule has 0 aliphatic heterocycles. The Morgan fingerprint density at radius 1 is 1.24 bits per heavy atom. The highest BCUT2D eigenvalue weighted by molar-refractivity contribution is 7.03. The van der Waals surface area contributed by atoms with Crippen LogP contribution in [0.3, 0.4) is 0 Å². The molecule has 1 N–H and O–H groups in total. The molecule has 0 saturated carbocycles. The Labute approximate surface area is 125 Å². The first-order valence-electron chi connectivity index (χ1n) is 6.40. The summed E-state index contributed by atoms with van der Waals surface area (Å²) in [5, 5.41) is 5.52. The molecular formula is C14H13N5OS. The van der Waals surface area contributed by atoms with Crippen LogP contribution in [0, 0.1) is 0 Å². The second kappa shape index (κ2) is 6.27. The Balaban J connectivity index is 1.82. The number of aromatic nitrogens is 4. The third-order valence-electron chi connectivity index (χ3n) is 3.00. The van der Waals surface area contributed by atoms with Gasteiger partial charge in [0, 0.05) is 18.1 Å². The molecule has 0 aliphatic carbocycles. The predicted octanol–water partition coefficient (Wildman–Crippen LogP) is 2.10. The quantitative estimate of drug-likeness (QED) is 0.783. The molecule has 0 spiro atoms. The van der Waals surface area contributed by atoms with Crippen molar-refractivity contribution >= 4 is 17.4 Å².